The molecule has 2 unspecified atom stereocenters. The zero-order valence-corrected chi connectivity index (χ0v) is 6.72. The minimum Gasteiger partial charge on any atom is -0.469 e. The third-order valence-electron chi connectivity index (χ3n) is 2.07. The Hall–Kier alpha value is -0.710. The third kappa shape index (κ3) is 1.72. The van der Waals surface area contributed by atoms with E-state index in [1.807, 2.05) is 0 Å². The molecular formula is C7H11F2NO2. The van der Waals surface area contributed by atoms with E-state index in [1.54, 1.807) is 0 Å². The van der Waals surface area contributed by atoms with Crippen LogP contribution in [-0.4, -0.2) is 25.0 Å². The van der Waals surface area contributed by atoms with Gasteiger partial charge in [-0.2, -0.15) is 0 Å². The summed E-state index contributed by atoms with van der Waals surface area (Å²) in [6.45, 7) is 0. The molecule has 0 aliphatic heterocycles. The number of carbonyl (C=O) groups excluding carboxylic acids is 1. The Kier molecular flexibility index (Phi) is 2.32. The first-order valence-corrected chi connectivity index (χ1v) is 3.67. The van der Waals surface area contributed by atoms with Crippen LogP contribution in [0.5, 0.6) is 0 Å². The normalized spacial score (nSPS) is 33.3. The quantitative estimate of drug-likeness (QED) is 0.597. The number of esters is 1. The number of carbonyl (C=O) groups is 1. The number of hydrogen-bond donors (Lipinski definition) is 1. The van der Waals surface area contributed by atoms with Gasteiger partial charge < -0.3 is 10.5 Å². The van der Waals surface area contributed by atoms with E-state index in [0.29, 0.717) is 0 Å². The van der Waals surface area contributed by atoms with Gasteiger partial charge in [-0.05, 0) is 0 Å². The van der Waals surface area contributed by atoms with Gasteiger partial charge in [0.1, 0.15) is 0 Å². The molecule has 5 heteroatoms. The Morgan fingerprint density at radius 1 is 1.58 bits per heavy atom. The van der Waals surface area contributed by atoms with Crippen molar-refractivity contribution in [1.82, 2.24) is 0 Å². The molecule has 1 rings (SSSR count). The van der Waals surface area contributed by atoms with Crippen LogP contribution in [0.25, 0.3) is 0 Å². The van der Waals surface area contributed by atoms with Gasteiger partial charge >= 0.3 is 5.97 Å². The smallest absolute Gasteiger partial charge is 0.310 e. The zero-order valence-electron chi connectivity index (χ0n) is 6.72. The van der Waals surface area contributed by atoms with E-state index in [1.165, 1.54) is 7.11 Å². The van der Waals surface area contributed by atoms with Crippen molar-refractivity contribution in [2.45, 2.75) is 24.8 Å². The van der Waals surface area contributed by atoms with Crippen LogP contribution in [-0.2, 0) is 9.53 Å². The van der Waals surface area contributed by atoms with Crippen LogP contribution < -0.4 is 5.73 Å². The van der Waals surface area contributed by atoms with Crippen molar-refractivity contribution in [2.24, 2.45) is 11.7 Å². The summed E-state index contributed by atoms with van der Waals surface area (Å²) in [5.41, 5.74) is 5.35. The largest absolute Gasteiger partial charge is 0.469 e. The molecule has 0 saturated heterocycles. The van der Waals surface area contributed by atoms with Crippen LogP contribution in [0.2, 0.25) is 0 Å². The summed E-state index contributed by atoms with van der Waals surface area (Å²) in [6, 6.07) is -0.771. The van der Waals surface area contributed by atoms with Crippen molar-refractivity contribution in [3.63, 3.8) is 0 Å². The lowest BCUT2D eigenvalue weighted by molar-refractivity contribution is -0.146. The van der Waals surface area contributed by atoms with E-state index in [2.05, 4.69) is 4.74 Å². The molecule has 0 heterocycles. The van der Waals surface area contributed by atoms with Crippen LogP contribution in [0, 0.1) is 5.92 Å². The third-order valence-corrected chi connectivity index (χ3v) is 2.07. The predicted octanol–water partition coefficient (Wildman–Crippen LogP) is 0.532. The molecule has 0 radical (unpaired) electrons. The summed E-state index contributed by atoms with van der Waals surface area (Å²) >= 11 is 0. The molecule has 0 spiro atoms. The lowest BCUT2D eigenvalue weighted by Gasteiger charge is -2.10. The maximum atomic E-state index is 12.7. The summed E-state index contributed by atoms with van der Waals surface area (Å²) < 4.78 is 29.7. The van der Waals surface area contributed by atoms with Crippen LogP contribution in [0.3, 0.4) is 0 Å². The number of nitrogens with two attached hydrogens (primary N) is 1. The first-order chi connectivity index (χ1) is 5.46. The molecule has 1 aliphatic carbocycles. The number of halogens is 2. The van der Waals surface area contributed by atoms with Crippen molar-refractivity contribution in [1.29, 1.82) is 0 Å². The molecule has 1 aliphatic rings. The minimum absolute atomic E-state index is 0.424. The van der Waals surface area contributed by atoms with E-state index in [-0.39, 0.29) is 0 Å². The average Bonchev–Trinajstić information content (AvgIpc) is 2.23. The number of ether oxygens (including phenoxy) is 1. The highest BCUT2D eigenvalue weighted by molar-refractivity contribution is 5.73. The maximum Gasteiger partial charge on any atom is 0.310 e. The van der Waals surface area contributed by atoms with Gasteiger partial charge in [-0.25, -0.2) is 8.78 Å². The average molecular weight is 179 g/mol. The molecule has 1 fully saturated rings. The van der Waals surface area contributed by atoms with Gasteiger partial charge in [0.2, 0.25) is 0 Å². The Morgan fingerprint density at radius 3 is 2.50 bits per heavy atom. The SMILES string of the molecule is COC(=O)C1CC(F)(F)CC1N. The fourth-order valence-electron chi connectivity index (χ4n) is 1.45. The second-order valence-corrected chi connectivity index (χ2v) is 3.06. The van der Waals surface area contributed by atoms with E-state index < -0.39 is 36.7 Å². The number of methoxy groups -OCH3 is 1. The van der Waals surface area contributed by atoms with Gasteiger partial charge in [-0.3, -0.25) is 4.79 Å². The molecule has 0 aromatic heterocycles. The molecule has 0 aromatic carbocycles. The van der Waals surface area contributed by atoms with Gasteiger partial charge in [0.15, 0.2) is 0 Å². The van der Waals surface area contributed by atoms with Crippen molar-refractivity contribution in [3.8, 4) is 0 Å². The molecule has 3 nitrogen and oxygen atoms in total. The Balaban J connectivity index is 2.64. The molecule has 70 valence electrons. The zero-order chi connectivity index (χ0) is 9.35. The van der Waals surface area contributed by atoms with E-state index in [0.717, 1.165) is 0 Å². The summed E-state index contributed by atoms with van der Waals surface area (Å²) in [5, 5.41) is 0. The summed E-state index contributed by atoms with van der Waals surface area (Å²) in [4.78, 5) is 10.9. The predicted molar refractivity (Wildman–Crippen MR) is 37.7 cm³/mol. The van der Waals surface area contributed by atoms with E-state index in [4.69, 9.17) is 5.73 Å². The molecular weight excluding hydrogens is 168 g/mol. The summed E-state index contributed by atoms with van der Waals surface area (Å²) in [6.07, 6.45) is -0.909. The molecule has 0 amide bonds. The topological polar surface area (TPSA) is 52.3 Å². The van der Waals surface area contributed by atoms with E-state index >= 15 is 0 Å². The van der Waals surface area contributed by atoms with Gasteiger partial charge in [-0.1, -0.05) is 0 Å². The highest BCUT2D eigenvalue weighted by Gasteiger charge is 2.48. The van der Waals surface area contributed by atoms with Crippen LogP contribution in [0.1, 0.15) is 12.8 Å². The van der Waals surface area contributed by atoms with Gasteiger partial charge in [-0.15, -0.1) is 0 Å². The summed E-state index contributed by atoms with van der Waals surface area (Å²) in [5.74, 6) is -4.29. The molecule has 0 bridgehead atoms. The minimum atomic E-state index is -2.81. The van der Waals surface area contributed by atoms with Crippen molar-refractivity contribution in [2.75, 3.05) is 7.11 Å². The van der Waals surface area contributed by atoms with Crippen LogP contribution in [0.15, 0.2) is 0 Å². The van der Waals surface area contributed by atoms with Gasteiger partial charge in [0.25, 0.3) is 5.92 Å². The molecule has 2 atom stereocenters. The number of alkyl halides is 2. The second-order valence-electron chi connectivity index (χ2n) is 3.06. The molecule has 12 heavy (non-hydrogen) atoms. The van der Waals surface area contributed by atoms with E-state index in [9.17, 15) is 13.6 Å². The molecule has 2 N–H and O–H groups in total. The van der Waals surface area contributed by atoms with Crippen molar-refractivity contribution >= 4 is 5.97 Å². The first kappa shape index (κ1) is 9.38. The summed E-state index contributed by atoms with van der Waals surface area (Å²) in [7, 11) is 1.17. The maximum absolute atomic E-state index is 12.7. The second kappa shape index (κ2) is 2.97. The fourth-order valence-corrected chi connectivity index (χ4v) is 1.45. The van der Waals surface area contributed by atoms with Crippen molar-refractivity contribution in [3.05, 3.63) is 0 Å². The van der Waals surface area contributed by atoms with Crippen LogP contribution in [0.4, 0.5) is 8.78 Å². The van der Waals surface area contributed by atoms with Crippen LogP contribution >= 0.6 is 0 Å². The number of hydrogen-bond acceptors (Lipinski definition) is 3. The fraction of sp³-hybridized carbons (Fsp3) is 0.857. The number of rotatable bonds is 1. The Bertz CT molecular complexity index is 196. The lowest BCUT2D eigenvalue weighted by Crippen LogP contribution is -2.31. The van der Waals surface area contributed by atoms with Gasteiger partial charge in [0, 0.05) is 18.9 Å². The first-order valence-electron chi connectivity index (χ1n) is 3.67. The van der Waals surface area contributed by atoms with Gasteiger partial charge in [0.05, 0.1) is 13.0 Å². The molecule has 0 aromatic rings. The highest BCUT2D eigenvalue weighted by atomic mass is 19.3. The lowest BCUT2D eigenvalue weighted by atomic mass is 10.1. The monoisotopic (exact) mass is 179 g/mol. The Morgan fingerprint density at radius 2 is 2.17 bits per heavy atom. The molecule has 1 saturated carbocycles. The Labute approximate surface area is 68.9 Å². The highest BCUT2D eigenvalue weighted by Crippen LogP contribution is 2.38. The standard InChI is InChI=1S/C7H11F2NO2/c1-12-6(11)4-2-7(8,9)3-5(4)10/h4-5H,2-3,10H2,1H3. The van der Waals surface area contributed by atoms with Crippen molar-refractivity contribution < 1.29 is 18.3 Å².